The van der Waals surface area contributed by atoms with Gasteiger partial charge in [0.05, 0.1) is 5.56 Å². The molecule has 118 valence electrons. The zero-order valence-electron chi connectivity index (χ0n) is 13.0. The minimum atomic E-state index is 0.381. The molecule has 0 saturated heterocycles. The van der Waals surface area contributed by atoms with E-state index < -0.39 is 0 Å². The Morgan fingerprint density at radius 1 is 0.920 bits per heavy atom. The van der Waals surface area contributed by atoms with Crippen molar-refractivity contribution in [2.45, 2.75) is 0 Å². The first kappa shape index (κ1) is 14.7. The van der Waals surface area contributed by atoms with Gasteiger partial charge in [0.1, 0.15) is 11.8 Å². The molecule has 4 aromatic rings. The molecule has 4 rings (SSSR count). The van der Waals surface area contributed by atoms with Gasteiger partial charge in [0.2, 0.25) is 5.82 Å². The second kappa shape index (κ2) is 6.34. The zero-order chi connectivity index (χ0) is 17.1. The fourth-order valence-electron chi connectivity index (χ4n) is 2.40. The first-order valence-electron chi connectivity index (χ1n) is 7.54. The van der Waals surface area contributed by atoms with Crippen LogP contribution in [0.2, 0.25) is 0 Å². The molecule has 3 aromatic heterocycles. The number of nitriles is 1. The summed E-state index contributed by atoms with van der Waals surface area (Å²) in [6.07, 6.45) is 5.02. The van der Waals surface area contributed by atoms with E-state index in [4.69, 9.17) is 9.78 Å². The van der Waals surface area contributed by atoms with E-state index in [1.807, 2.05) is 42.5 Å². The zero-order valence-corrected chi connectivity index (χ0v) is 13.0. The van der Waals surface area contributed by atoms with Gasteiger partial charge in [-0.25, -0.2) is 0 Å². The van der Waals surface area contributed by atoms with Crippen molar-refractivity contribution < 1.29 is 4.52 Å². The normalized spacial score (nSPS) is 10.4. The van der Waals surface area contributed by atoms with E-state index in [-0.39, 0.29) is 0 Å². The van der Waals surface area contributed by atoms with Crippen LogP contribution in [0.3, 0.4) is 0 Å². The highest BCUT2D eigenvalue weighted by atomic mass is 16.5. The Balaban J connectivity index is 1.67. The van der Waals surface area contributed by atoms with Gasteiger partial charge in [0.25, 0.3) is 5.89 Å². The van der Waals surface area contributed by atoms with Crippen LogP contribution in [-0.2, 0) is 0 Å². The highest BCUT2D eigenvalue weighted by molar-refractivity contribution is 5.69. The Hall–Kier alpha value is -3.85. The highest BCUT2D eigenvalue weighted by Gasteiger charge is 2.12. The number of nitrogens with zero attached hydrogens (tertiary/aromatic N) is 5. The number of pyridine rings is 2. The molecule has 0 N–H and O–H groups in total. The summed E-state index contributed by atoms with van der Waals surface area (Å²) in [7, 11) is 0. The second-order valence-corrected chi connectivity index (χ2v) is 5.29. The minimum Gasteiger partial charge on any atom is -0.334 e. The molecule has 0 aliphatic rings. The van der Waals surface area contributed by atoms with Crippen LogP contribution in [0.15, 0.2) is 71.6 Å². The molecule has 0 spiro atoms. The van der Waals surface area contributed by atoms with Gasteiger partial charge in [0, 0.05) is 29.7 Å². The molecular formula is C19H11N5O. The summed E-state index contributed by atoms with van der Waals surface area (Å²) in [6.45, 7) is 0. The van der Waals surface area contributed by atoms with Gasteiger partial charge in [-0.1, -0.05) is 23.4 Å². The van der Waals surface area contributed by atoms with Gasteiger partial charge >= 0.3 is 0 Å². The molecule has 25 heavy (non-hydrogen) atoms. The molecule has 3 heterocycles. The summed E-state index contributed by atoms with van der Waals surface area (Å²) in [5, 5.41) is 12.8. The standard InChI is InChI=1S/C19H11N5O/c20-10-13-6-7-17(22-11-13)18-23-19(25-24-18)15-4-1-3-14(9-15)16-5-2-8-21-12-16/h1-9,11-12H. The highest BCUT2D eigenvalue weighted by Crippen LogP contribution is 2.26. The third-order valence-electron chi connectivity index (χ3n) is 3.65. The van der Waals surface area contributed by atoms with Gasteiger partial charge in [0.15, 0.2) is 0 Å². The van der Waals surface area contributed by atoms with Crippen molar-refractivity contribution in [1.82, 2.24) is 20.1 Å². The fraction of sp³-hybridized carbons (Fsp3) is 0. The maximum Gasteiger partial charge on any atom is 0.258 e. The Kier molecular flexibility index (Phi) is 3.73. The van der Waals surface area contributed by atoms with Crippen molar-refractivity contribution in [2.75, 3.05) is 0 Å². The third-order valence-corrected chi connectivity index (χ3v) is 3.65. The number of benzene rings is 1. The van der Waals surface area contributed by atoms with Crippen LogP contribution in [0.1, 0.15) is 5.56 Å². The Labute approximate surface area is 143 Å². The van der Waals surface area contributed by atoms with E-state index >= 15 is 0 Å². The minimum absolute atomic E-state index is 0.381. The molecule has 0 saturated carbocycles. The van der Waals surface area contributed by atoms with Crippen LogP contribution in [0.5, 0.6) is 0 Å². The maximum atomic E-state index is 8.83. The summed E-state index contributed by atoms with van der Waals surface area (Å²) in [5.74, 6) is 0.790. The molecule has 0 atom stereocenters. The first-order chi connectivity index (χ1) is 12.3. The molecule has 6 nitrogen and oxygen atoms in total. The van der Waals surface area contributed by atoms with Crippen molar-refractivity contribution in [1.29, 1.82) is 5.26 Å². The number of rotatable bonds is 3. The molecular weight excluding hydrogens is 314 g/mol. The van der Waals surface area contributed by atoms with Crippen LogP contribution >= 0.6 is 0 Å². The lowest BCUT2D eigenvalue weighted by molar-refractivity contribution is 0.432. The van der Waals surface area contributed by atoms with Crippen molar-refractivity contribution >= 4 is 0 Å². The third kappa shape index (κ3) is 2.99. The van der Waals surface area contributed by atoms with Gasteiger partial charge in [-0.15, -0.1) is 0 Å². The van der Waals surface area contributed by atoms with E-state index in [1.165, 1.54) is 6.20 Å². The summed E-state index contributed by atoms with van der Waals surface area (Å²) in [4.78, 5) is 12.7. The Bertz CT molecular complexity index is 1050. The number of hydrogen-bond donors (Lipinski definition) is 0. The van der Waals surface area contributed by atoms with Gasteiger partial charge in [-0.2, -0.15) is 10.2 Å². The SMILES string of the molecule is N#Cc1ccc(-c2noc(-c3cccc(-c4cccnc4)c3)n2)nc1. The van der Waals surface area contributed by atoms with Crippen LogP contribution in [-0.4, -0.2) is 20.1 Å². The maximum absolute atomic E-state index is 8.83. The number of aromatic nitrogens is 4. The lowest BCUT2D eigenvalue weighted by atomic mass is 10.0. The van der Waals surface area contributed by atoms with Crippen molar-refractivity contribution in [3.63, 3.8) is 0 Å². The van der Waals surface area contributed by atoms with Gasteiger partial charge in [-0.3, -0.25) is 9.97 Å². The summed E-state index contributed by atoms with van der Waals surface area (Å²) in [6, 6.07) is 17.1. The monoisotopic (exact) mass is 325 g/mol. The average molecular weight is 325 g/mol. The van der Waals surface area contributed by atoms with E-state index in [0.29, 0.717) is 23.0 Å². The average Bonchev–Trinajstić information content (AvgIpc) is 3.19. The Morgan fingerprint density at radius 2 is 1.80 bits per heavy atom. The van der Waals surface area contributed by atoms with Crippen molar-refractivity contribution in [3.8, 4) is 40.2 Å². The van der Waals surface area contributed by atoms with E-state index in [0.717, 1.165) is 16.7 Å². The summed E-state index contributed by atoms with van der Waals surface area (Å²) in [5.41, 5.74) is 3.88. The predicted molar refractivity (Wildman–Crippen MR) is 90.9 cm³/mol. The Morgan fingerprint density at radius 3 is 2.56 bits per heavy atom. The van der Waals surface area contributed by atoms with E-state index in [2.05, 4.69) is 20.1 Å². The van der Waals surface area contributed by atoms with Crippen LogP contribution in [0, 0.1) is 11.3 Å². The molecule has 0 fully saturated rings. The number of hydrogen-bond acceptors (Lipinski definition) is 6. The largest absolute Gasteiger partial charge is 0.334 e. The molecule has 6 heteroatoms. The van der Waals surface area contributed by atoms with Crippen molar-refractivity contribution in [3.05, 3.63) is 72.7 Å². The lowest BCUT2D eigenvalue weighted by Crippen LogP contribution is -1.87. The lowest BCUT2D eigenvalue weighted by Gasteiger charge is -2.02. The molecule has 0 aliphatic heterocycles. The van der Waals surface area contributed by atoms with Crippen LogP contribution in [0.4, 0.5) is 0 Å². The van der Waals surface area contributed by atoms with E-state index in [1.54, 1.807) is 24.5 Å². The quantitative estimate of drug-likeness (QED) is 0.570. The molecule has 1 aromatic carbocycles. The van der Waals surface area contributed by atoms with Crippen molar-refractivity contribution in [2.24, 2.45) is 0 Å². The molecule has 0 radical (unpaired) electrons. The van der Waals surface area contributed by atoms with E-state index in [9.17, 15) is 0 Å². The van der Waals surface area contributed by atoms with Crippen LogP contribution < -0.4 is 0 Å². The summed E-state index contributed by atoms with van der Waals surface area (Å²) >= 11 is 0. The molecule has 0 bridgehead atoms. The topological polar surface area (TPSA) is 88.5 Å². The van der Waals surface area contributed by atoms with Crippen LogP contribution in [0.25, 0.3) is 34.1 Å². The fourth-order valence-corrected chi connectivity index (χ4v) is 2.40. The molecule has 0 unspecified atom stereocenters. The summed E-state index contributed by atoms with van der Waals surface area (Å²) < 4.78 is 5.37. The predicted octanol–water partition coefficient (Wildman–Crippen LogP) is 3.73. The molecule has 0 amide bonds. The molecule has 0 aliphatic carbocycles. The smallest absolute Gasteiger partial charge is 0.258 e. The van der Waals surface area contributed by atoms with Gasteiger partial charge in [-0.05, 0) is 35.9 Å². The first-order valence-corrected chi connectivity index (χ1v) is 7.54. The second-order valence-electron chi connectivity index (χ2n) is 5.29. The van der Waals surface area contributed by atoms with Gasteiger partial charge < -0.3 is 4.52 Å².